The molecule has 2 nitrogen and oxygen atoms in total. The summed E-state index contributed by atoms with van der Waals surface area (Å²) in [4.78, 5) is 2.64. The Morgan fingerprint density at radius 3 is 2.32 bits per heavy atom. The maximum Gasteiger partial charge on any atom is 0.240 e. The third-order valence-electron chi connectivity index (χ3n) is 3.54. The molecule has 126 valence electrons. The Labute approximate surface area is 162 Å². The predicted octanol–water partition coefficient (Wildman–Crippen LogP) is 6.57. The van der Waals surface area contributed by atoms with E-state index in [1.807, 2.05) is 48.5 Å². The van der Waals surface area contributed by atoms with E-state index in [0.29, 0.717) is 10.6 Å². The Kier molecular flexibility index (Phi) is 5.68. The van der Waals surface area contributed by atoms with Crippen LogP contribution < -0.4 is 4.18 Å². The minimum atomic E-state index is -1.58. The molecule has 0 bridgehead atoms. The van der Waals surface area contributed by atoms with Gasteiger partial charge >= 0.3 is 0 Å². The fraction of sp³-hybridized carbons (Fsp3) is 0. The molecule has 0 saturated carbocycles. The van der Waals surface area contributed by atoms with Gasteiger partial charge in [0, 0.05) is 20.5 Å². The van der Waals surface area contributed by atoms with Gasteiger partial charge in [-0.25, -0.2) is 4.21 Å². The minimum absolute atomic E-state index is 0.567. The van der Waals surface area contributed by atoms with Crippen molar-refractivity contribution in [3.63, 3.8) is 0 Å². The molecule has 25 heavy (non-hydrogen) atoms. The number of para-hydroxylation sites is 1. The van der Waals surface area contributed by atoms with Gasteiger partial charge in [-0.2, -0.15) is 0 Å². The standard InChI is InChI=1S/C20H15BrO2S2/c1-3-15-18(4-2)24-20(19(15)21)16-12-8-9-13-17(16)23-25(22)14-10-6-5-7-11-14/h3-13H,1-2H2. The van der Waals surface area contributed by atoms with E-state index in [0.717, 1.165) is 25.4 Å². The lowest BCUT2D eigenvalue weighted by Crippen LogP contribution is -2.01. The average Bonchev–Trinajstić information content (AvgIpc) is 2.98. The van der Waals surface area contributed by atoms with Gasteiger partial charge < -0.3 is 4.18 Å². The molecule has 1 aromatic heterocycles. The zero-order valence-electron chi connectivity index (χ0n) is 13.3. The molecule has 0 fully saturated rings. The highest BCUT2D eigenvalue weighted by Crippen LogP contribution is 2.45. The molecule has 1 unspecified atom stereocenters. The van der Waals surface area contributed by atoms with Gasteiger partial charge in [0.1, 0.15) is 5.75 Å². The van der Waals surface area contributed by atoms with Crippen molar-refractivity contribution in [2.24, 2.45) is 0 Å². The SMILES string of the molecule is C=Cc1sc(-c2ccccc2OS(=O)c2ccccc2)c(Br)c1C=C. The Morgan fingerprint density at radius 1 is 1.00 bits per heavy atom. The van der Waals surface area contributed by atoms with Crippen LogP contribution in [0.5, 0.6) is 5.75 Å². The highest BCUT2D eigenvalue weighted by molar-refractivity contribution is 9.10. The van der Waals surface area contributed by atoms with E-state index >= 15 is 0 Å². The van der Waals surface area contributed by atoms with Gasteiger partial charge in [0.2, 0.25) is 11.1 Å². The lowest BCUT2D eigenvalue weighted by Gasteiger charge is -2.09. The van der Waals surface area contributed by atoms with E-state index in [1.54, 1.807) is 29.5 Å². The monoisotopic (exact) mass is 430 g/mol. The highest BCUT2D eigenvalue weighted by Gasteiger charge is 2.18. The van der Waals surface area contributed by atoms with E-state index in [4.69, 9.17) is 4.18 Å². The molecule has 0 aliphatic carbocycles. The van der Waals surface area contributed by atoms with Gasteiger partial charge in [-0.15, -0.1) is 11.3 Å². The fourth-order valence-corrected chi connectivity index (χ4v) is 5.17. The summed E-state index contributed by atoms with van der Waals surface area (Å²) >= 11 is 3.65. The summed E-state index contributed by atoms with van der Waals surface area (Å²) < 4.78 is 19.2. The van der Waals surface area contributed by atoms with Gasteiger partial charge in [0.05, 0.1) is 9.77 Å². The second kappa shape index (κ2) is 7.95. The Morgan fingerprint density at radius 2 is 1.68 bits per heavy atom. The second-order valence-electron chi connectivity index (χ2n) is 5.06. The second-order valence-corrected chi connectivity index (χ2v) is 8.01. The first-order valence-corrected chi connectivity index (χ1v) is 10.2. The van der Waals surface area contributed by atoms with Crippen molar-refractivity contribution in [2.75, 3.05) is 0 Å². The van der Waals surface area contributed by atoms with Crippen LogP contribution in [-0.2, 0) is 11.1 Å². The topological polar surface area (TPSA) is 26.3 Å². The smallest absolute Gasteiger partial charge is 0.240 e. The van der Waals surface area contributed by atoms with E-state index in [-0.39, 0.29) is 0 Å². The minimum Gasteiger partial charge on any atom is -0.396 e. The molecule has 0 spiro atoms. The summed E-state index contributed by atoms with van der Waals surface area (Å²) in [5.74, 6) is 0.567. The first-order chi connectivity index (χ1) is 12.2. The van der Waals surface area contributed by atoms with Gasteiger partial charge in [-0.3, -0.25) is 0 Å². The van der Waals surface area contributed by atoms with Crippen LogP contribution in [0.2, 0.25) is 0 Å². The summed E-state index contributed by atoms with van der Waals surface area (Å²) in [5, 5.41) is 0. The van der Waals surface area contributed by atoms with Gasteiger partial charge in [-0.05, 0) is 40.2 Å². The highest BCUT2D eigenvalue weighted by atomic mass is 79.9. The van der Waals surface area contributed by atoms with Crippen molar-refractivity contribution >= 4 is 50.5 Å². The van der Waals surface area contributed by atoms with Crippen molar-refractivity contribution in [1.82, 2.24) is 0 Å². The molecule has 0 radical (unpaired) electrons. The Balaban J connectivity index is 2.03. The summed E-state index contributed by atoms with van der Waals surface area (Å²) in [7, 11) is 0. The largest absolute Gasteiger partial charge is 0.396 e. The van der Waals surface area contributed by atoms with Crippen LogP contribution in [0.4, 0.5) is 0 Å². The molecule has 0 aliphatic rings. The zero-order chi connectivity index (χ0) is 17.8. The number of halogens is 1. The number of rotatable bonds is 6. The zero-order valence-corrected chi connectivity index (χ0v) is 16.5. The predicted molar refractivity (Wildman–Crippen MR) is 111 cm³/mol. The van der Waals surface area contributed by atoms with E-state index < -0.39 is 11.1 Å². The molecule has 2 aromatic carbocycles. The summed E-state index contributed by atoms with van der Waals surface area (Å²) in [5.41, 5.74) is 1.87. The number of hydrogen-bond donors (Lipinski definition) is 0. The quantitative estimate of drug-likeness (QED) is 0.442. The number of thiophene rings is 1. The summed E-state index contributed by atoms with van der Waals surface area (Å²) in [6.07, 6.45) is 3.61. The first kappa shape index (κ1) is 17.9. The van der Waals surface area contributed by atoms with E-state index in [2.05, 4.69) is 29.1 Å². The number of benzene rings is 2. The maximum atomic E-state index is 12.5. The molecule has 0 amide bonds. The normalized spacial score (nSPS) is 11.7. The maximum absolute atomic E-state index is 12.5. The average molecular weight is 431 g/mol. The van der Waals surface area contributed by atoms with Crippen molar-refractivity contribution in [3.8, 4) is 16.2 Å². The molecule has 0 saturated heterocycles. The third-order valence-corrected chi connectivity index (χ3v) is 6.84. The van der Waals surface area contributed by atoms with E-state index in [9.17, 15) is 4.21 Å². The molecule has 0 aliphatic heterocycles. The van der Waals surface area contributed by atoms with Crippen molar-refractivity contribution < 1.29 is 8.39 Å². The van der Waals surface area contributed by atoms with Crippen LogP contribution in [0, 0.1) is 0 Å². The van der Waals surface area contributed by atoms with E-state index in [1.165, 1.54) is 0 Å². The number of hydrogen-bond acceptors (Lipinski definition) is 3. The van der Waals surface area contributed by atoms with Crippen LogP contribution in [-0.4, -0.2) is 4.21 Å². The van der Waals surface area contributed by atoms with Crippen molar-refractivity contribution in [1.29, 1.82) is 0 Å². The molecule has 5 heteroatoms. The lowest BCUT2D eigenvalue weighted by atomic mass is 10.1. The fourth-order valence-electron chi connectivity index (χ4n) is 2.34. The van der Waals surface area contributed by atoms with Crippen molar-refractivity contribution in [2.45, 2.75) is 4.90 Å². The molecule has 1 atom stereocenters. The summed E-state index contributed by atoms with van der Waals surface area (Å²) in [6, 6.07) is 16.7. The third kappa shape index (κ3) is 3.68. The molecule has 1 heterocycles. The molecule has 3 aromatic rings. The van der Waals surface area contributed by atoms with Crippen LogP contribution in [0.15, 0.2) is 77.1 Å². The molecular formula is C20H15BrO2S2. The van der Waals surface area contributed by atoms with Gasteiger partial charge in [0.15, 0.2) is 0 Å². The summed E-state index contributed by atoms with van der Waals surface area (Å²) in [6.45, 7) is 7.73. The van der Waals surface area contributed by atoms with Crippen LogP contribution >= 0.6 is 27.3 Å². The Hall–Kier alpha value is -1.95. The van der Waals surface area contributed by atoms with Gasteiger partial charge in [0.25, 0.3) is 0 Å². The Bertz CT molecular complexity index is 946. The van der Waals surface area contributed by atoms with Crippen LogP contribution in [0.1, 0.15) is 10.4 Å². The molecule has 3 rings (SSSR count). The molecular weight excluding hydrogens is 416 g/mol. The van der Waals surface area contributed by atoms with Crippen LogP contribution in [0.3, 0.4) is 0 Å². The molecule has 0 N–H and O–H groups in total. The van der Waals surface area contributed by atoms with Crippen molar-refractivity contribution in [3.05, 3.63) is 82.7 Å². The van der Waals surface area contributed by atoms with Crippen LogP contribution in [0.25, 0.3) is 22.6 Å². The first-order valence-electron chi connectivity index (χ1n) is 7.47. The lowest BCUT2D eigenvalue weighted by molar-refractivity contribution is 0.563. The van der Waals surface area contributed by atoms with Gasteiger partial charge in [-0.1, -0.05) is 55.6 Å².